The number of ether oxygens (including phenoxy) is 5. The van der Waals surface area contributed by atoms with Gasteiger partial charge in [0.2, 0.25) is 0 Å². The fraction of sp³-hybridized carbons (Fsp3) is 1.00. The van der Waals surface area contributed by atoms with Gasteiger partial charge in [-0.3, -0.25) is 0 Å². The summed E-state index contributed by atoms with van der Waals surface area (Å²) in [4.78, 5) is 0. The highest BCUT2D eigenvalue weighted by Crippen LogP contribution is 2.23. The summed E-state index contributed by atoms with van der Waals surface area (Å²) < 4.78 is 25.5. The molecule has 0 aromatic carbocycles. The van der Waals surface area contributed by atoms with Crippen molar-refractivity contribution in [3.8, 4) is 0 Å². The zero-order valence-electron chi connectivity index (χ0n) is 14.1. The van der Waals surface area contributed by atoms with Crippen LogP contribution in [0.15, 0.2) is 0 Å². The summed E-state index contributed by atoms with van der Waals surface area (Å²) in [7, 11) is 1.26. The van der Waals surface area contributed by atoms with Crippen molar-refractivity contribution >= 4 is 0 Å². The Morgan fingerprint density at radius 1 is 0.731 bits per heavy atom. The second kappa shape index (κ2) is 9.64. The standard InChI is InChI=1S/C14H26O12/c1-22-13-11(20)10(19)8(17)6(26-13)3-23-4-24-14-12(21)9(18)7(16)5(2-15)25-14/h5-21H,2-4H2,1H3/t5-,6-,7+,8-,9+,10+,11-,12-,13-,14-/m1/s1. The number of rotatable bonds is 7. The lowest BCUT2D eigenvalue weighted by Crippen LogP contribution is -2.59. The van der Waals surface area contributed by atoms with Crippen LogP contribution in [0.4, 0.5) is 0 Å². The molecule has 2 saturated heterocycles. The normalized spacial score (nSPS) is 47.1. The Hall–Kier alpha value is -0.480. The van der Waals surface area contributed by atoms with E-state index in [1.807, 2.05) is 0 Å². The summed E-state index contributed by atoms with van der Waals surface area (Å²) in [6.07, 6.45) is -13.6. The monoisotopic (exact) mass is 386 g/mol. The van der Waals surface area contributed by atoms with Crippen LogP contribution in [0.3, 0.4) is 0 Å². The van der Waals surface area contributed by atoms with Gasteiger partial charge in [0.05, 0.1) is 13.2 Å². The Morgan fingerprint density at radius 2 is 1.27 bits per heavy atom. The van der Waals surface area contributed by atoms with E-state index in [9.17, 15) is 30.6 Å². The predicted octanol–water partition coefficient (Wildman–Crippen LogP) is -4.77. The molecule has 2 heterocycles. The van der Waals surface area contributed by atoms with E-state index in [-0.39, 0.29) is 6.61 Å². The second-order valence-electron chi connectivity index (χ2n) is 6.10. The van der Waals surface area contributed by atoms with Crippen LogP contribution >= 0.6 is 0 Å². The van der Waals surface area contributed by atoms with Crippen LogP contribution in [0.5, 0.6) is 0 Å². The number of hydrogen-bond acceptors (Lipinski definition) is 12. The Balaban J connectivity index is 1.79. The van der Waals surface area contributed by atoms with Crippen LogP contribution in [0.1, 0.15) is 0 Å². The van der Waals surface area contributed by atoms with Crippen LogP contribution in [0.25, 0.3) is 0 Å². The topological polar surface area (TPSA) is 188 Å². The lowest BCUT2D eigenvalue weighted by Gasteiger charge is -2.40. The minimum Gasteiger partial charge on any atom is -0.394 e. The van der Waals surface area contributed by atoms with Gasteiger partial charge in [0.1, 0.15) is 55.6 Å². The molecule has 0 spiro atoms. The lowest BCUT2D eigenvalue weighted by molar-refractivity contribution is -0.325. The molecule has 0 bridgehead atoms. The molecule has 154 valence electrons. The molecule has 2 aliphatic heterocycles. The molecule has 2 rings (SSSR count). The van der Waals surface area contributed by atoms with E-state index in [0.717, 1.165) is 0 Å². The number of aliphatic hydroxyl groups excluding tert-OH is 7. The third kappa shape index (κ3) is 4.67. The van der Waals surface area contributed by atoms with E-state index in [1.54, 1.807) is 0 Å². The van der Waals surface area contributed by atoms with Crippen LogP contribution in [0, 0.1) is 0 Å². The highest BCUT2D eigenvalue weighted by molar-refractivity contribution is 4.90. The molecule has 0 radical (unpaired) electrons. The minimum atomic E-state index is -1.58. The van der Waals surface area contributed by atoms with Crippen molar-refractivity contribution in [3.05, 3.63) is 0 Å². The third-order valence-electron chi connectivity index (χ3n) is 4.35. The first-order chi connectivity index (χ1) is 12.3. The fourth-order valence-corrected chi connectivity index (χ4v) is 2.73. The van der Waals surface area contributed by atoms with Gasteiger partial charge in [-0.25, -0.2) is 0 Å². The summed E-state index contributed by atoms with van der Waals surface area (Å²) in [5, 5.41) is 67.5. The molecule has 0 aromatic heterocycles. The molecule has 2 fully saturated rings. The van der Waals surface area contributed by atoms with Crippen molar-refractivity contribution in [2.24, 2.45) is 0 Å². The van der Waals surface area contributed by atoms with Crippen molar-refractivity contribution in [1.82, 2.24) is 0 Å². The van der Waals surface area contributed by atoms with Gasteiger partial charge in [0.15, 0.2) is 12.6 Å². The van der Waals surface area contributed by atoms with Crippen molar-refractivity contribution in [1.29, 1.82) is 0 Å². The Morgan fingerprint density at radius 3 is 1.85 bits per heavy atom. The molecule has 0 amide bonds. The Bertz CT molecular complexity index is 383. The van der Waals surface area contributed by atoms with E-state index in [1.165, 1.54) is 7.11 Å². The molecule has 2 aliphatic rings. The van der Waals surface area contributed by atoms with Crippen molar-refractivity contribution in [3.63, 3.8) is 0 Å². The van der Waals surface area contributed by atoms with E-state index >= 15 is 0 Å². The van der Waals surface area contributed by atoms with Crippen LogP contribution in [-0.2, 0) is 23.7 Å². The first-order valence-corrected chi connectivity index (χ1v) is 8.04. The zero-order chi connectivity index (χ0) is 19.4. The highest BCUT2D eigenvalue weighted by Gasteiger charge is 2.45. The summed E-state index contributed by atoms with van der Waals surface area (Å²) in [6, 6.07) is 0. The van der Waals surface area contributed by atoms with Gasteiger partial charge in [-0.15, -0.1) is 0 Å². The van der Waals surface area contributed by atoms with Gasteiger partial charge >= 0.3 is 0 Å². The smallest absolute Gasteiger partial charge is 0.189 e. The van der Waals surface area contributed by atoms with Gasteiger partial charge in [0.25, 0.3) is 0 Å². The number of aliphatic hydroxyl groups is 7. The number of methoxy groups -OCH3 is 1. The summed E-state index contributed by atoms with van der Waals surface area (Å²) in [5.41, 5.74) is 0. The predicted molar refractivity (Wildman–Crippen MR) is 79.4 cm³/mol. The number of hydrogen-bond donors (Lipinski definition) is 7. The molecule has 12 heteroatoms. The Kier molecular flexibility index (Phi) is 8.08. The summed E-state index contributed by atoms with van der Waals surface area (Å²) in [5.74, 6) is 0. The maximum atomic E-state index is 9.88. The van der Waals surface area contributed by atoms with Gasteiger partial charge < -0.3 is 59.4 Å². The van der Waals surface area contributed by atoms with E-state index in [4.69, 9.17) is 28.8 Å². The molecule has 0 saturated carbocycles. The molecule has 0 unspecified atom stereocenters. The van der Waals surface area contributed by atoms with Crippen molar-refractivity contribution in [2.45, 2.75) is 61.4 Å². The first kappa shape index (κ1) is 21.8. The van der Waals surface area contributed by atoms with E-state index in [2.05, 4.69) is 0 Å². The van der Waals surface area contributed by atoms with E-state index < -0.39 is 74.8 Å². The molecule has 12 nitrogen and oxygen atoms in total. The first-order valence-electron chi connectivity index (χ1n) is 8.04. The van der Waals surface area contributed by atoms with Crippen molar-refractivity contribution < 1.29 is 59.4 Å². The molecule has 26 heavy (non-hydrogen) atoms. The van der Waals surface area contributed by atoms with Gasteiger partial charge in [0, 0.05) is 7.11 Å². The maximum absolute atomic E-state index is 9.88. The molecular formula is C14H26O12. The summed E-state index contributed by atoms with van der Waals surface area (Å²) in [6.45, 7) is -1.29. The van der Waals surface area contributed by atoms with Crippen LogP contribution in [0.2, 0.25) is 0 Å². The third-order valence-corrected chi connectivity index (χ3v) is 4.35. The fourth-order valence-electron chi connectivity index (χ4n) is 2.73. The second-order valence-corrected chi connectivity index (χ2v) is 6.10. The molecular weight excluding hydrogens is 360 g/mol. The average molecular weight is 386 g/mol. The van der Waals surface area contributed by atoms with Gasteiger partial charge in [-0.1, -0.05) is 0 Å². The minimum absolute atomic E-state index is 0.248. The molecule has 0 aliphatic carbocycles. The van der Waals surface area contributed by atoms with Gasteiger partial charge in [-0.2, -0.15) is 0 Å². The largest absolute Gasteiger partial charge is 0.394 e. The van der Waals surface area contributed by atoms with E-state index in [0.29, 0.717) is 0 Å². The maximum Gasteiger partial charge on any atom is 0.189 e. The van der Waals surface area contributed by atoms with Crippen molar-refractivity contribution in [2.75, 3.05) is 27.1 Å². The zero-order valence-corrected chi connectivity index (χ0v) is 14.1. The quantitative estimate of drug-likeness (QED) is 0.164. The molecule has 0 aromatic rings. The van der Waals surface area contributed by atoms with Crippen LogP contribution < -0.4 is 0 Å². The SMILES string of the molecule is CO[C@@H]1O[C@H](COCO[C@@H]2O[C@H](CO)[C@H](O)[C@H](O)[C@H]2O)[C@@H](O)[C@H](O)[C@H]1O. The lowest BCUT2D eigenvalue weighted by atomic mass is 9.99. The molecule has 10 atom stereocenters. The van der Waals surface area contributed by atoms with Gasteiger partial charge in [-0.05, 0) is 0 Å². The van der Waals surface area contributed by atoms with Crippen LogP contribution in [-0.4, -0.2) is 124 Å². The Labute approximate surface area is 149 Å². The molecule has 7 N–H and O–H groups in total. The highest BCUT2D eigenvalue weighted by atomic mass is 16.8. The summed E-state index contributed by atoms with van der Waals surface area (Å²) >= 11 is 0. The average Bonchev–Trinajstić information content (AvgIpc) is 2.64.